The van der Waals surface area contributed by atoms with Crippen LogP contribution in [0.4, 0.5) is 0 Å². The lowest BCUT2D eigenvalue weighted by Crippen LogP contribution is -1.87. The molecule has 0 aromatic heterocycles. The largest absolute Gasteiger partial charge is 0.303 e. The van der Waals surface area contributed by atoms with Crippen LogP contribution in [-0.2, 0) is 4.79 Å². The molecule has 0 aromatic carbocycles. The molecule has 0 spiro atoms. The van der Waals surface area contributed by atoms with Crippen LogP contribution in [0, 0.1) is 0 Å². The Bertz CT molecular complexity index is 168. The molecule has 0 fully saturated rings. The fourth-order valence-electron chi connectivity index (χ4n) is 1.34. The van der Waals surface area contributed by atoms with Crippen LogP contribution >= 0.6 is 0 Å². The molecule has 0 bridgehead atoms. The number of aldehydes is 1. The van der Waals surface area contributed by atoms with Crippen LogP contribution in [-0.4, -0.2) is 6.29 Å². The van der Waals surface area contributed by atoms with Gasteiger partial charge >= 0.3 is 0 Å². The van der Waals surface area contributed by atoms with E-state index in [2.05, 4.69) is 20.8 Å². The van der Waals surface area contributed by atoms with Gasteiger partial charge in [-0.2, -0.15) is 0 Å². The van der Waals surface area contributed by atoms with Gasteiger partial charge in [0, 0.05) is 6.42 Å². The minimum atomic E-state index is 0.678. The number of carbonyl (C=O) groups is 1. The first-order valence-corrected chi connectivity index (χ1v) is 5.31. The monoisotopic (exact) mass is 182 g/mol. The van der Waals surface area contributed by atoms with Gasteiger partial charge in [0.25, 0.3) is 0 Å². The summed E-state index contributed by atoms with van der Waals surface area (Å²) in [5.74, 6) is 0. The van der Waals surface area contributed by atoms with Crippen LogP contribution in [0.2, 0.25) is 0 Å². The van der Waals surface area contributed by atoms with E-state index in [4.69, 9.17) is 0 Å². The Morgan fingerprint density at radius 2 is 1.69 bits per heavy atom. The molecule has 0 aromatic rings. The fourth-order valence-corrected chi connectivity index (χ4v) is 1.34. The highest BCUT2D eigenvalue weighted by Gasteiger charge is 1.96. The zero-order valence-electron chi connectivity index (χ0n) is 9.23. The van der Waals surface area contributed by atoms with E-state index in [1.165, 1.54) is 36.8 Å². The topological polar surface area (TPSA) is 17.1 Å². The first-order chi connectivity index (χ1) is 6.22. The van der Waals surface area contributed by atoms with Gasteiger partial charge in [-0.15, -0.1) is 0 Å². The van der Waals surface area contributed by atoms with Crippen LogP contribution in [0.1, 0.15) is 59.3 Å². The SMILES string of the molecule is CCCCCC(C)=C(C)CCC=O. The van der Waals surface area contributed by atoms with Crippen LogP contribution in [0.3, 0.4) is 0 Å². The highest BCUT2D eigenvalue weighted by molar-refractivity contribution is 5.49. The first-order valence-electron chi connectivity index (χ1n) is 5.31. The van der Waals surface area contributed by atoms with E-state index >= 15 is 0 Å². The summed E-state index contributed by atoms with van der Waals surface area (Å²) in [5.41, 5.74) is 2.89. The molecule has 1 nitrogen and oxygen atoms in total. The Morgan fingerprint density at radius 1 is 1.08 bits per heavy atom. The molecule has 0 radical (unpaired) electrons. The Kier molecular flexibility index (Phi) is 7.66. The van der Waals surface area contributed by atoms with Crippen LogP contribution in [0.25, 0.3) is 0 Å². The van der Waals surface area contributed by atoms with Crippen LogP contribution < -0.4 is 0 Å². The lowest BCUT2D eigenvalue weighted by atomic mass is 10.0. The molecule has 0 saturated carbocycles. The summed E-state index contributed by atoms with van der Waals surface area (Å²) in [7, 11) is 0. The zero-order chi connectivity index (χ0) is 10.1. The van der Waals surface area contributed by atoms with Crippen LogP contribution in [0.15, 0.2) is 11.1 Å². The van der Waals surface area contributed by atoms with Gasteiger partial charge in [0.15, 0.2) is 0 Å². The molecular formula is C12H22O. The van der Waals surface area contributed by atoms with E-state index in [9.17, 15) is 4.79 Å². The van der Waals surface area contributed by atoms with Gasteiger partial charge in [-0.3, -0.25) is 0 Å². The van der Waals surface area contributed by atoms with Crippen molar-refractivity contribution in [2.24, 2.45) is 0 Å². The van der Waals surface area contributed by atoms with E-state index in [0.29, 0.717) is 6.42 Å². The smallest absolute Gasteiger partial charge is 0.120 e. The lowest BCUT2D eigenvalue weighted by molar-refractivity contribution is -0.107. The van der Waals surface area contributed by atoms with Gasteiger partial charge in [-0.1, -0.05) is 30.9 Å². The molecule has 0 heterocycles. The van der Waals surface area contributed by atoms with Crippen molar-refractivity contribution in [1.82, 2.24) is 0 Å². The normalized spacial score (nSPS) is 12.5. The summed E-state index contributed by atoms with van der Waals surface area (Å²) in [6.07, 6.45) is 7.72. The van der Waals surface area contributed by atoms with E-state index in [1.807, 2.05) is 0 Å². The molecule has 0 unspecified atom stereocenters. The van der Waals surface area contributed by atoms with Gasteiger partial charge in [-0.25, -0.2) is 0 Å². The average molecular weight is 182 g/mol. The van der Waals surface area contributed by atoms with Gasteiger partial charge in [-0.05, 0) is 33.1 Å². The third kappa shape index (κ3) is 6.56. The van der Waals surface area contributed by atoms with Crippen LogP contribution in [0.5, 0.6) is 0 Å². The highest BCUT2D eigenvalue weighted by atomic mass is 16.1. The fraction of sp³-hybridized carbons (Fsp3) is 0.750. The predicted octanol–water partition coefficient (Wildman–Crippen LogP) is 3.88. The number of hydrogen-bond donors (Lipinski definition) is 0. The number of allylic oxidation sites excluding steroid dienone is 2. The van der Waals surface area contributed by atoms with Gasteiger partial charge in [0.05, 0.1) is 0 Å². The summed E-state index contributed by atoms with van der Waals surface area (Å²) in [6.45, 7) is 6.55. The molecule has 0 amide bonds. The predicted molar refractivity (Wildman–Crippen MR) is 57.8 cm³/mol. The second kappa shape index (κ2) is 8.03. The first kappa shape index (κ1) is 12.4. The zero-order valence-corrected chi connectivity index (χ0v) is 9.23. The summed E-state index contributed by atoms with van der Waals surface area (Å²) < 4.78 is 0. The molecule has 0 aliphatic rings. The van der Waals surface area contributed by atoms with Gasteiger partial charge in [0.2, 0.25) is 0 Å². The Balaban J connectivity index is 3.73. The molecule has 1 heteroatoms. The quantitative estimate of drug-likeness (QED) is 0.332. The second-order valence-corrected chi connectivity index (χ2v) is 3.72. The standard InChI is InChI=1S/C12H22O/c1-4-5-6-8-11(2)12(3)9-7-10-13/h10H,4-9H2,1-3H3. The summed E-state index contributed by atoms with van der Waals surface area (Å²) in [5, 5.41) is 0. The Hall–Kier alpha value is -0.590. The van der Waals surface area contributed by atoms with Crippen molar-refractivity contribution in [3.8, 4) is 0 Å². The number of hydrogen-bond acceptors (Lipinski definition) is 1. The number of unbranched alkanes of at least 4 members (excludes halogenated alkanes) is 2. The summed E-state index contributed by atoms with van der Waals surface area (Å²) >= 11 is 0. The third-order valence-electron chi connectivity index (χ3n) is 2.52. The second-order valence-electron chi connectivity index (χ2n) is 3.72. The van der Waals surface area contributed by atoms with Crippen molar-refractivity contribution < 1.29 is 4.79 Å². The molecule has 76 valence electrons. The average Bonchev–Trinajstić information content (AvgIpc) is 2.14. The minimum Gasteiger partial charge on any atom is -0.303 e. The third-order valence-corrected chi connectivity index (χ3v) is 2.52. The maximum absolute atomic E-state index is 10.2. The summed E-state index contributed by atoms with van der Waals surface area (Å²) in [4.78, 5) is 10.2. The van der Waals surface area contributed by atoms with E-state index < -0.39 is 0 Å². The Labute approximate surface area is 82.2 Å². The number of rotatable bonds is 7. The molecule has 0 aliphatic heterocycles. The molecule has 13 heavy (non-hydrogen) atoms. The lowest BCUT2D eigenvalue weighted by Gasteiger charge is -2.05. The molecule has 0 N–H and O–H groups in total. The highest BCUT2D eigenvalue weighted by Crippen LogP contribution is 2.15. The maximum Gasteiger partial charge on any atom is 0.120 e. The van der Waals surface area contributed by atoms with Crippen molar-refractivity contribution in [2.75, 3.05) is 0 Å². The van der Waals surface area contributed by atoms with Crippen molar-refractivity contribution in [3.05, 3.63) is 11.1 Å². The molecular weight excluding hydrogens is 160 g/mol. The summed E-state index contributed by atoms with van der Waals surface area (Å²) in [6, 6.07) is 0. The molecule has 0 aliphatic carbocycles. The molecule has 0 atom stereocenters. The van der Waals surface area contributed by atoms with Gasteiger partial charge in [0.1, 0.15) is 6.29 Å². The molecule has 0 rings (SSSR count). The van der Waals surface area contributed by atoms with E-state index in [0.717, 1.165) is 12.7 Å². The maximum atomic E-state index is 10.2. The van der Waals surface area contributed by atoms with Crippen molar-refractivity contribution >= 4 is 6.29 Å². The number of carbonyl (C=O) groups excluding carboxylic acids is 1. The van der Waals surface area contributed by atoms with E-state index in [-0.39, 0.29) is 0 Å². The Morgan fingerprint density at radius 3 is 2.23 bits per heavy atom. The van der Waals surface area contributed by atoms with Crippen molar-refractivity contribution in [1.29, 1.82) is 0 Å². The molecule has 0 saturated heterocycles. The van der Waals surface area contributed by atoms with Crippen molar-refractivity contribution in [2.45, 2.75) is 59.3 Å². The van der Waals surface area contributed by atoms with Gasteiger partial charge < -0.3 is 4.79 Å². The van der Waals surface area contributed by atoms with Crippen molar-refractivity contribution in [3.63, 3.8) is 0 Å². The minimum absolute atomic E-state index is 0.678. The van der Waals surface area contributed by atoms with E-state index in [1.54, 1.807) is 0 Å².